The highest BCUT2D eigenvalue weighted by Crippen LogP contribution is 2.14. The van der Waals surface area contributed by atoms with Gasteiger partial charge in [-0.05, 0) is 17.0 Å². The lowest BCUT2D eigenvalue weighted by molar-refractivity contribution is -0.139. The summed E-state index contributed by atoms with van der Waals surface area (Å²) in [5.74, 6) is -0.956. The molecule has 0 aliphatic heterocycles. The van der Waals surface area contributed by atoms with Crippen LogP contribution in [0.15, 0.2) is 24.3 Å². The zero-order valence-corrected chi connectivity index (χ0v) is 11.3. The van der Waals surface area contributed by atoms with Crippen molar-refractivity contribution in [2.24, 2.45) is 0 Å². The molecule has 0 spiro atoms. The van der Waals surface area contributed by atoms with Gasteiger partial charge in [0.1, 0.15) is 0 Å². The summed E-state index contributed by atoms with van der Waals surface area (Å²) >= 11 is 0. The maximum absolute atomic E-state index is 11.4. The molecule has 0 atom stereocenters. The minimum atomic E-state index is -0.729. The summed E-state index contributed by atoms with van der Waals surface area (Å²) in [5, 5.41) is 13.3. The van der Waals surface area contributed by atoms with Gasteiger partial charge in [-0.3, -0.25) is 9.59 Å². The lowest BCUT2D eigenvalue weighted by atomic mass is 10.0. The van der Waals surface area contributed by atoms with Crippen LogP contribution >= 0.6 is 0 Å². The van der Waals surface area contributed by atoms with Crippen LogP contribution in [0.1, 0.15) is 30.9 Å². The molecule has 0 radical (unpaired) electrons. The van der Waals surface area contributed by atoms with Gasteiger partial charge in [-0.2, -0.15) is 0 Å². The molecule has 0 fully saturated rings. The van der Waals surface area contributed by atoms with Crippen LogP contribution in [0.3, 0.4) is 0 Å². The minimum Gasteiger partial charge on any atom is -0.395 e. The molecule has 3 N–H and O–H groups in total. The van der Waals surface area contributed by atoms with Crippen molar-refractivity contribution in [2.75, 3.05) is 13.2 Å². The van der Waals surface area contributed by atoms with Crippen LogP contribution in [0.5, 0.6) is 0 Å². The molecule has 19 heavy (non-hydrogen) atoms. The van der Waals surface area contributed by atoms with Gasteiger partial charge >= 0.3 is 11.8 Å². The van der Waals surface area contributed by atoms with Crippen LogP contribution in [0.25, 0.3) is 0 Å². The fourth-order valence-electron chi connectivity index (χ4n) is 1.53. The molecule has 104 valence electrons. The van der Waals surface area contributed by atoms with E-state index in [-0.39, 0.29) is 13.2 Å². The third kappa shape index (κ3) is 5.09. The average molecular weight is 264 g/mol. The number of nitrogens with one attached hydrogen (secondary N) is 2. The SMILES string of the molecule is CC(C)c1ccc(CNC(=O)C(=O)NCCO)cc1. The van der Waals surface area contributed by atoms with E-state index in [1.807, 2.05) is 24.3 Å². The van der Waals surface area contributed by atoms with Crippen molar-refractivity contribution >= 4 is 11.8 Å². The van der Waals surface area contributed by atoms with E-state index < -0.39 is 11.8 Å². The van der Waals surface area contributed by atoms with Crippen LogP contribution in [0.2, 0.25) is 0 Å². The second kappa shape index (κ2) is 7.53. The maximum Gasteiger partial charge on any atom is 0.309 e. The molecule has 0 unspecified atom stereocenters. The Labute approximate surface area is 113 Å². The van der Waals surface area contributed by atoms with Crippen molar-refractivity contribution in [3.05, 3.63) is 35.4 Å². The van der Waals surface area contributed by atoms with E-state index in [9.17, 15) is 9.59 Å². The molecule has 0 saturated carbocycles. The second-order valence-electron chi connectivity index (χ2n) is 4.56. The molecule has 0 heterocycles. The number of hydrogen-bond donors (Lipinski definition) is 3. The third-order valence-electron chi connectivity index (χ3n) is 2.70. The number of aliphatic hydroxyl groups is 1. The van der Waals surface area contributed by atoms with Gasteiger partial charge in [0.15, 0.2) is 0 Å². The molecule has 1 aromatic carbocycles. The minimum absolute atomic E-state index is 0.0787. The zero-order chi connectivity index (χ0) is 14.3. The topological polar surface area (TPSA) is 78.4 Å². The number of amides is 2. The maximum atomic E-state index is 11.4. The molecule has 5 nitrogen and oxygen atoms in total. The van der Waals surface area contributed by atoms with E-state index >= 15 is 0 Å². The smallest absolute Gasteiger partial charge is 0.309 e. The van der Waals surface area contributed by atoms with Gasteiger partial charge < -0.3 is 15.7 Å². The van der Waals surface area contributed by atoms with Gasteiger partial charge in [0.25, 0.3) is 0 Å². The van der Waals surface area contributed by atoms with Gasteiger partial charge in [0.2, 0.25) is 0 Å². The Morgan fingerprint density at radius 2 is 1.68 bits per heavy atom. The number of carbonyl (C=O) groups excluding carboxylic acids is 2. The number of benzene rings is 1. The van der Waals surface area contributed by atoms with E-state index in [0.29, 0.717) is 12.5 Å². The molecular formula is C14H20N2O3. The predicted octanol–water partition coefficient (Wildman–Crippen LogP) is 0.535. The van der Waals surface area contributed by atoms with Crippen LogP contribution in [-0.2, 0) is 16.1 Å². The number of carbonyl (C=O) groups is 2. The summed E-state index contributed by atoms with van der Waals surface area (Å²) in [6.07, 6.45) is 0. The summed E-state index contributed by atoms with van der Waals surface area (Å²) in [5.41, 5.74) is 2.17. The lowest BCUT2D eigenvalue weighted by Gasteiger charge is -2.08. The first kappa shape index (κ1) is 15.2. The van der Waals surface area contributed by atoms with Gasteiger partial charge in [-0.15, -0.1) is 0 Å². The first-order valence-electron chi connectivity index (χ1n) is 6.30. The van der Waals surface area contributed by atoms with Gasteiger partial charge in [0, 0.05) is 13.1 Å². The Bertz CT molecular complexity index is 427. The molecule has 0 bridgehead atoms. The molecule has 5 heteroatoms. The Hall–Kier alpha value is -1.88. The standard InChI is InChI=1S/C14H20N2O3/c1-10(2)12-5-3-11(4-6-12)9-16-14(19)13(18)15-7-8-17/h3-6,10,17H,7-9H2,1-2H3,(H,15,18)(H,16,19). The Morgan fingerprint density at radius 3 is 2.21 bits per heavy atom. The number of rotatable bonds is 5. The van der Waals surface area contributed by atoms with Crippen molar-refractivity contribution in [3.8, 4) is 0 Å². The predicted molar refractivity (Wildman–Crippen MR) is 72.5 cm³/mol. The van der Waals surface area contributed by atoms with Crippen LogP contribution in [0, 0.1) is 0 Å². The summed E-state index contributed by atoms with van der Waals surface area (Å²) in [4.78, 5) is 22.6. The van der Waals surface area contributed by atoms with Crippen LogP contribution < -0.4 is 10.6 Å². The highest BCUT2D eigenvalue weighted by atomic mass is 16.3. The van der Waals surface area contributed by atoms with Crippen molar-refractivity contribution in [1.82, 2.24) is 10.6 Å². The van der Waals surface area contributed by atoms with Crippen LogP contribution in [-0.4, -0.2) is 30.1 Å². The Balaban J connectivity index is 2.43. The molecule has 0 aromatic heterocycles. The lowest BCUT2D eigenvalue weighted by Crippen LogP contribution is -2.40. The number of aliphatic hydroxyl groups excluding tert-OH is 1. The molecule has 0 aliphatic carbocycles. The summed E-state index contributed by atoms with van der Waals surface area (Å²) < 4.78 is 0. The summed E-state index contributed by atoms with van der Waals surface area (Å²) in [6.45, 7) is 4.43. The highest BCUT2D eigenvalue weighted by molar-refractivity contribution is 6.35. The first-order valence-corrected chi connectivity index (χ1v) is 6.30. The molecule has 1 rings (SSSR count). The fourth-order valence-corrected chi connectivity index (χ4v) is 1.53. The summed E-state index contributed by atoms with van der Waals surface area (Å²) in [7, 11) is 0. The van der Waals surface area contributed by atoms with E-state index in [4.69, 9.17) is 5.11 Å². The van der Waals surface area contributed by atoms with Crippen molar-refractivity contribution < 1.29 is 14.7 Å². The van der Waals surface area contributed by atoms with Gasteiger partial charge in [-0.1, -0.05) is 38.1 Å². The largest absolute Gasteiger partial charge is 0.395 e. The first-order chi connectivity index (χ1) is 9.04. The van der Waals surface area contributed by atoms with E-state index in [2.05, 4.69) is 24.5 Å². The molecule has 2 amide bonds. The molecule has 0 saturated heterocycles. The third-order valence-corrected chi connectivity index (χ3v) is 2.70. The molecule has 1 aromatic rings. The van der Waals surface area contributed by atoms with Gasteiger partial charge in [-0.25, -0.2) is 0 Å². The van der Waals surface area contributed by atoms with Crippen LogP contribution in [0.4, 0.5) is 0 Å². The molecular weight excluding hydrogens is 244 g/mol. The quantitative estimate of drug-likeness (QED) is 0.679. The van der Waals surface area contributed by atoms with Gasteiger partial charge in [0.05, 0.1) is 6.61 Å². The number of hydrogen-bond acceptors (Lipinski definition) is 3. The monoisotopic (exact) mass is 264 g/mol. The zero-order valence-electron chi connectivity index (χ0n) is 11.3. The highest BCUT2D eigenvalue weighted by Gasteiger charge is 2.11. The summed E-state index contributed by atoms with van der Waals surface area (Å²) in [6, 6.07) is 7.89. The van der Waals surface area contributed by atoms with Crippen molar-refractivity contribution in [3.63, 3.8) is 0 Å². The van der Waals surface area contributed by atoms with Crippen molar-refractivity contribution in [2.45, 2.75) is 26.3 Å². The average Bonchev–Trinajstić information content (AvgIpc) is 2.42. The van der Waals surface area contributed by atoms with E-state index in [1.54, 1.807) is 0 Å². The fraction of sp³-hybridized carbons (Fsp3) is 0.429. The Kier molecular flexibility index (Phi) is 6.02. The van der Waals surface area contributed by atoms with E-state index in [1.165, 1.54) is 5.56 Å². The van der Waals surface area contributed by atoms with Crippen molar-refractivity contribution in [1.29, 1.82) is 0 Å². The molecule has 0 aliphatic rings. The second-order valence-corrected chi connectivity index (χ2v) is 4.56. The normalized spacial score (nSPS) is 10.3. The van der Waals surface area contributed by atoms with E-state index in [0.717, 1.165) is 5.56 Å². The Morgan fingerprint density at radius 1 is 1.11 bits per heavy atom.